The van der Waals surface area contributed by atoms with Gasteiger partial charge in [-0.05, 0) is 41.7 Å². The molecule has 3 aromatic carbocycles. The lowest BCUT2D eigenvalue weighted by atomic mass is 10.0. The first-order chi connectivity index (χ1) is 19.8. The molecule has 4 aromatic rings. The molecule has 2 atom stereocenters. The highest BCUT2D eigenvalue weighted by molar-refractivity contribution is 7.80. The highest BCUT2D eigenvalue weighted by Gasteiger charge is 2.53. The van der Waals surface area contributed by atoms with Gasteiger partial charge in [-0.25, -0.2) is 9.78 Å². The topological polar surface area (TPSA) is 86.5 Å². The first-order valence-corrected chi connectivity index (χ1v) is 17.1. The molecule has 0 spiro atoms. The number of alkyl carbamates (subject to hydrolysis) is 1. The van der Waals surface area contributed by atoms with Crippen molar-refractivity contribution in [3.8, 4) is 0 Å². The second-order valence-electron chi connectivity index (χ2n) is 12.2. The number of thiazole rings is 1. The number of nitrogens with zero attached hydrogens (tertiary/aromatic N) is 1. The third kappa shape index (κ3) is 7.15. The molecule has 0 saturated carbocycles. The third-order valence-corrected chi connectivity index (χ3v) is 13.0. The third-order valence-electron chi connectivity index (χ3n) is 6.86. The van der Waals surface area contributed by atoms with Crippen molar-refractivity contribution < 1.29 is 14.0 Å². The Morgan fingerprint density at radius 1 is 0.881 bits per heavy atom. The number of nitrogens with two attached hydrogens (primary N) is 1. The number of nitrogens with one attached hydrogen (secondary N) is 1. The van der Waals surface area contributed by atoms with E-state index in [4.69, 9.17) is 32.1 Å². The monoisotopic (exact) mass is 617 g/mol. The average molecular weight is 618 g/mol. The summed E-state index contributed by atoms with van der Waals surface area (Å²) in [5.41, 5.74) is 6.66. The molecule has 4 rings (SSSR count). The van der Waals surface area contributed by atoms with Crippen molar-refractivity contribution in [3.63, 3.8) is 0 Å². The molecule has 0 fully saturated rings. The summed E-state index contributed by atoms with van der Waals surface area (Å²) in [6, 6.07) is 30.1. The second kappa shape index (κ2) is 12.9. The van der Waals surface area contributed by atoms with Crippen molar-refractivity contribution in [2.45, 2.75) is 64.3 Å². The van der Waals surface area contributed by atoms with Gasteiger partial charge < -0.3 is 20.2 Å². The predicted octanol–water partition coefficient (Wildman–Crippen LogP) is 6.66. The lowest BCUT2D eigenvalue weighted by Crippen LogP contribution is -2.67. The quantitative estimate of drug-likeness (QED) is 0.161. The Balaban J connectivity index is 1.97. The number of hydrogen-bond acceptors (Lipinski definition) is 6. The number of rotatable bonds is 9. The standard InChI is InChI=1S/C33H39N3O3S2Si/c1-32(2,3)38-31(37)36-27(30-35-26(22-41-30)29(34)40)28(23-16-10-7-11-17-23)39-42(33(4,5)6,24-18-12-8-13-19-24)25-20-14-9-15-21-25/h7-22,27-28H,1-6H3,(H2,34,40)(H,36,37)/t27-,28+/m1/s1. The lowest BCUT2D eigenvalue weighted by molar-refractivity contribution is 0.0434. The summed E-state index contributed by atoms with van der Waals surface area (Å²) in [7, 11) is -3.07. The maximum Gasteiger partial charge on any atom is 0.408 e. The fourth-order valence-electron chi connectivity index (χ4n) is 5.10. The Morgan fingerprint density at radius 3 is 1.81 bits per heavy atom. The first kappa shape index (κ1) is 31.6. The Bertz CT molecular complexity index is 1440. The molecule has 0 aliphatic carbocycles. The van der Waals surface area contributed by atoms with Gasteiger partial charge in [0.25, 0.3) is 8.32 Å². The van der Waals surface area contributed by atoms with Crippen molar-refractivity contribution in [2.75, 3.05) is 0 Å². The molecule has 9 heteroatoms. The van der Waals surface area contributed by atoms with Crippen LogP contribution in [0.1, 0.15) is 70.0 Å². The summed E-state index contributed by atoms with van der Waals surface area (Å²) >= 11 is 6.61. The normalized spacial score (nSPS) is 13.7. The second-order valence-corrected chi connectivity index (χ2v) is 17.8. The van der Waals surface area contributed by atoms with E-state index in [9.17, 15) is 4.79 Å². The van der Waals surface area contributed by atoms with Crippen LogP contribution in [0.4, 0.5) is 4.79 Å². The van der Waals surface area contributed by atoms with Crippen LogP contribution >= 0.6 is 23.6 Å². The fraction of sp³-hybridized carbons (Fsp3) is 0.303. The largest absolute Gasteiger partial charge is 0.444 e. The van der Waals surface area contributed by atoms with E-state index in [1.807, 2.05) is 68.6 Å². The van der Waals surface area contributed by atoms with E-state index in [2.05, 4.69) is 74.6 Å². The van der Waals surface area contributed by atoms with E-state index in [-0.39, 0.29) is 10.0 Å². The Labute approximate surface area is 259 Å². The highest BCUT2D eigenvalue weighted by atomic mass is 32.1. The number of amides is 1. The molecular formula is C33H39N3O3S2Si. The number of aromatic nitrogens is 1. The molecule has 1 amide bonds. The van der Waals surface area contributed by atoms with E-state index in [1.165, 1.54) is 11.3 Å². The van der Waals surface area contributed by atoms with E-state index in [0.717, 1.165) is 15.9 Å². The van der Waals surface area contributed by atoms with Crippen LogP contribution in [-0.2, 0) is 9.16 Å². The Hall–Kier alpha value is -3.37. The molecule has 1 aromatic heterocycles. The molecule has 1 heterocycles. The molecule has 42 heavy (non-hydrogen) atoms. The highest BCUT2D eigenvalue weighted by Crippen LogP contribution is 2.44. The molecule has 0 aliphatic rings. The van der Waals surface area contributed by atoms with Gasteiger partial charge in [-0.15, -0.1) is 11.3 Å². The fourth-order valence-corrected chi connectivity index (χ4v) is 10.8. The number of thiocarbonyl (C=S) groups is 1. The van der Waals surface area contributed by atoms with Crippen LogP contribution in [0.3, 0.4) is 0 Å². The minimum atomic E-state index is -3.07. The van der Waals surface area contributed by atoms with Crippen LogP contribution in [0.25, 0.3) is 0 Å². The van der Waals surface area contributed by atoms with Gasteiger partial charge in [0.2, 0.25) is 0 Å². The molecule has 0 unspecified atom stereocenters. The van der Waals surface area contributed by atoms with Gasteiger partial charge in [-0.1, -0.05) is 124 Å². The van der Waals surface area contributed by atoms with Crippen molar-refractivity contribution >= 4 is 53.3 Å². The van der Waals surface area contributed by atoms with Crippen LogP contribution in [0.15, 0.2) is 96.4 Å². The summed E-state index contributed by atoms with van der Waals surface area (Å²) in [5.74, 6) is 0. The van der Waals surface area contributed by atoms with Gasteiger partial charge in [-0.2, -0.15) is 0 Å². The van der Waals surface area contributed by atoms with Gasteiger partial charge >= 0.3 is 6.09 Å². The van der Waals surface area contributed by atoms with E-state index >= 15 is 0 Å². The lowest BCUT2D eigenvalue weighted by Gasteiger charge is -2.46. The van der Waals surface area contributed by atoms with Gasteiger partial charge in [-0.3, -0.25) is 0 Å². The molecule has 0 bridgehead atoms. The Kier molecular flexibility index (Phi) is 9.67. The summed E-state index contributed by atoms with van der Waals surface area (Å²) in [4.78, 5) is 18.3. The molecule has 3 N–H and O–H groups in total. The van der Waals surface area contributed by atoms with Gasteiger partial charge in [0.1, 0.15) is 27.3 Å². The summed E-state index contributed by atoms with van der Waals surface area (Å²) < 4.78 is 13.4. The number of carbonyl (C=O) groups excluding carboxylic acids is 1. The van der Waals surface area contributed by atoms with Crippen LogP contribution in [0.5, 0.6) is 0 Å². The van der Waals surface area contributed by atoms with Gasteiger partial charge in [0.15, 0.2) is 0 Å². The maximum atomic E-state index is 13.4. The van der Waals surface area contributed by atoms with Crippen molar-refractivity contribution in [2.24, 2.45) is 5.73 Å². The van der Waals surface area contributed by atoms with E-state index in [0.29, 0.717) is 10.7 Å². The van der Waals surface area contributed by atoms with Crippen molar-refractivity contribution in [1.82, 2.24) is 10.3 Å². The maximum absolute atomic E-state index is 13.4. The van der Waals surface area contributed by atoms with Crippen LogP contribution < -0.4 is 21.4 Å². The zero-order valence-corrected chi connectivity index (χ0v) is 27.6. The predicted molar refractivity (Wildman–Crippen MR) is 178 cm³/mol. The SMILES string of the molecule is CC(C)(C)OC(=O)N[C@@H](c1nc(C(N)=S)cs1)[C@@H](O[Si](c1ccccc1)(c1ccccc1)C(C)(C)C)c1ccccc1. The molecule has 220 valence electrons. The van der Waals surface area contributed by atoms with Crippen molar-refractivity contribution in [3.05, 3.63) is 113 Å². The van der Waals surface area contributed by atoms with Crippen LogP contribution in [0, 0.1) is 0 Å². The number of carbonyl (C=O) groups is 1. The van der Waals surface area contributed by atoms with Gasteiger partial charge in [0, 0.05) is 5.38 Å². The number of benzene rings is 3. The van der Waals surface area contributed by atoms with Crippen LogP contribution in [0.2, 0.25) is 5.04 Å². The zero-order valence-electron chi connectivity index (χ0n) is 25.0. The molecule has 6 nitrogen and oxygen atoms in total. The smallest absolute Gasteiger partial charge is 0.408 e. The van der Waals surface area contributed by atoms with E-state index in [1.54, 1.807) is 0 Å². The zero-order chi connectivity index (χ0) is 30.5. The molecule has 0 aliphatic heterocycles. The van der Waals surface area contributed by atoms with Crippen molar-refractivity contribution in [1.29, 1.82) is 0 Å². The molecular weight excluding hydrogens is 579 g/mol. The first-order valence-electron chi connectivity index (χ1n) is 13.9. The minimum absolute atomic E-state index is 0.192. The van der Waals surface area contributed by atoms with E-state index < -0.39 is 32.2 Å². The molecule has 0 radical (unpaired) electrons. The number of ether oxygens (including phenoxy) is 1. The molecule has 0 saturated heterocycles. The summed E-state index contributed by atoms with van der Waals surface area (Å²) in [6.07, 6.45) is -1.19. The number of hydrogen-bond donors (Lipinski definition) is 2. The summed E-state index contributed by atoms with van der Waals surface area (Å²) in [5, 5.41) is 7.51. The Morgan fingerprint density at radius 2 is 1.38 bits per heavy atom. The average Bonchev–Trinajstić information content (AvgIpc) is 3.43. The van der Waals surface area contributed by atoms with Gasteiger partial charge in [0.05, 0.1) is 6.10 Å². The van der Waals surface area contributed by atoms with Crippen LogP contribution in [-0.4, -0.2) is 30.0 Å². The summed E-state index contributed by atoms with van der Waals surface area (Å²) in [6.45, 7) is 12.2. The minimum Gasteiger partial charge on any atom is -0.444 e.